The Morgan fingerprint density at radius 3 is 2.50 bits per heavy atom. The first-order valence-electron chi connectivity index (χ1n) is 7.55. The first kappa shape index (κ1) is 18.5. The first-order valence-corrected chi connectivity index (χ1v) is 7.96. The minimum Gasteiger partial charge on any atom is -0.383 e. The number of nitrogens with two attached hydrogens (primary N) is 1. The number of benzene rings is 1. The van der Waals surface area contributed by atoms with Crippen LogP contribution in [0, 0.1) is 11.6 Å². The maximum Gasteiger partial charge on any atom is 0.184 e. The summed E-state index contributed by atoms with van der Waals surface area (Å²) in [5, 5.41) is 3.68. The van der Waals surface area contributed by atoms with Crippen LogP contribution in [0.3, 0.4) is 0 Å². The number of hydrazone groups is 1. The Hall–Kier alpha value is -1.84. The highest BCUT2D eigenvalue weighted by molar-refractivity contribution is 7.80. The molecule has 0 radical (unpaired) electrons. The number of hydrogen-bond donors (Lipinski definition) is 2. The molecule has 9 heteroatoms. The average molecular weight is 357 g/mol. The molecule has 1 fully saturated rings. The summed E-state index contributed by atoms with van der Waals surface area (Å²) in [5.74, 6) is -1.23. The number of piperazine rings is 1. The van der Waals surface area contributed by atoms with E-state index < -0.39 is 11.6 Å². The lowest BCUT2D eigenvalue weighted by atomic mass is 10.1. The summed E-state index contributed by atoms with van der Waals surface area (Å²) >= 11 is 4.59. The lowest BCUT2D eigenvalue weighted by Crippen LogP contribution is -2.47. The molecular weight excluding hydrogens is 336 g/mol. The molecule has 2 rings (SSSR count). The summed E-state index contributed by atoms with van der Waals surface area (Å²) in [6, 6.07) is 2.47. The maximum absolute atomic E-state index is 14.3. The highest BCUT2D eigenvalue weighted by Gasteiger charge is 2.22. The zero-order valence-corrected chi connectivity index (χ0v) is 14.3. The van der Waals surface area contributed by atoms with Crippen LogP contribution in [0.15, 0.2) is 17.2 Å². The maximum atomic E-state index is 14.3. The molecule has 0 aromatic heterocycles. The van der Waals surface area contributed by atoms with Gasteiger partial charge in [0.25, 0.3) is 0 Å². The number of anilines is 1. The SMILES string of the molecule is COCCN1CCN(c2c(F)cc(C=NNC(N)=S)cc2F)CC1. The second kappa shape index (κ2) is 8.86. The van der Waals surface area contributed by atoms with Crippen LogP contribution in [0.1, 0.15) is 5.56 Å². The Bertz CT molecular complexity index is 583. The number of halogens is 2. The van der Waals surface area contributed by atoms with Gasteiger partial charge in [-0.1, -0.05) is 0 Å². The topological polar surface area (TPSA) is 66.1 Å². The van der Waals surface area contributed by atoms with Gasteiger partial charge in [0.05, 0.1) is 12.8 Å². The van der Waals surface area contributed by atoms with Gasteiger partial charge in [0, 0.05) is 45.4 Å². The molecule has 1 heterocycles. The van der Waals surface area contributed by atoms with E-state index in [1.54, 1.807) is 12.0 Å². The van der Waals surface area contributed by atoms with Crippen LogP contribution in [0.2, 0.25) is 0 Å². The van der Waals surface area contributed by atoms with E-state index in [0.29, 0.717) is 19.7 Å². The molecule has 6 nitrogen and oxygen atoms in total. The molecule has 1 aliphatic heterocycles. The molecular formula is C15H21F2N5OS. The van der Waals surface area contributed by atoms with E-state index in [2.05, 4.69) is 27.6 Å². The molecule has 0 bridgehead atoms. The molecule has 0 aliphatic carbocycles. The molecule has 3 N–H and O–H groups in total. The van der Waals surface area contributed by atoms with Gasteiger partial charge in [-0.15, -0.1) is 0 Å². The van der Waals surface area contributed by atoms with Crippen LogP contribution in [-0.2, 0) is 4.74 Å². The van der Waals surface area contributed by atoms with Gasteiger partial charge in [0.1, 0.15) is 17.3 Å². The fourth-order valence-electron chi connectivity index (χ4n) is 2.55. The van der Waals surface area contributed by atoms with Gasteiger partial charge in [-0.05, 0) is 24.4 Å². The summed E-state index contributed by atoms with van der Waals surface area (Å²) < 4.78 is 33.7. The molecule has 1 aromatic carbocycles. The number of hydrogen-bond acceptors (Lipinski definition) is 5. The summed E-state index contributed by atoms with van der Waals surface area (Å²) in [5.41, 5.74) is 7.85. The average Bonchev–Trinajstić information content (AvgIpc) is 2.53. The summed E-state index contributed by atoms with van der Waals surface area (Å²) in [4.78, 5) is 3.93. The number of nitrogens with one attached hydrogen (secondary N) is 1. The zero-order chi connectivity index (χ0) is 17.5. The van der Waals surface area contributed by atoms with E-state index >= 15 is 0 Å². The van der Waals surface area contributed by atoms with Crippen molar-refractivity contribution in [3.8, 4) is 0 Å². The Labute approximate surface area is 145 Å². The molecule has 0 spiro atoms. The van der Waals surface area contributed by atoms with Gasteiger partial charge in [0.15, 0.2) is 5.11 Å². The largest absolute Gasteiger partial charge is 0.383 e. The Morgan fingerprint density at radius 2 is 1.96 bits per heavy atom. The number of thiocarbonyl (C=S) groups is 1. The van der Waals surface area contributed by atoms with E-state index in [1.165, 1.54) is 18.3 Å². The fraction of sp³-hybridized carbons (Fsp3) is 0.467. The third-order valence-electron chi connectivity index (χ3n) is 3.73. The van der Waals surface area contributed by atoms with Crippen molar-refractivity contribution in [1.82, 2.24) is 10.3 Å². The van der Waals surface area contributed by atoms with Crippen molar-refractivity contribution in [3.05, 3.63) is 29.3 Å². The number of ether oxygens (including phenoxy) is 1. The summed E-state index contributed by atoms with van der Waals surface area (Å²) in [7, 11) is 1.66. The lowest BCUT2D eigenvalue weighted by Gasteiger charge is -2.36. The molecule has 24 heavy (non-hydrogen) atoms. The van der Waals surface area contributed by atoms with Crippen molar-refractivity contribution in [3.63, 3.8) is 0 Å². The monoisotopic (exact) mass is 357 g/mol. The molecule has 1 aromatic rings. The van der Waals surface area contributed by atoms with Gasteiger partial charge in [-0.25, -0.2) is 8.78 Å². The van der Waals surface area contributed by atoms with Crippen LogP contribution in [0.5, 0.6) is 0 Å². The molecule has 0 atom stereocenters. The third kappa shape index (κ3) is 5.08. The summed E-state index contributed by atoms with van der Waals surface area (Å²) in [6.07, 6.45) is 1.26. The predicted octanol–water partition coefficient (Wildman–Crippen LogP) is 0.900. The molecule has 132 valence electrons. The Balaban J connectivity index is 2.04. The molecule has 1 aliphatic rings. The molecule has 1 saturated heterocycles. The second-order valence-electron chi connectivity index (χ2n) is 5.39. The standard InChI is InChI=1S/C15H21F2N5OS/c1-23-7-6-21-2-4-22(5-3-21)14-12(16)8-11(9-13(14)17)10-19-20-15(18)24/h8-10H,2-7H2,1H3,(H3,18,20,24). The van der Waals surface area contributed by atoms with E-state index in [4.69, 9.17) is 10.5 Å². The van der Waals surface area contributed by atoms with Crippen molar-refractivity contribution in [1.29, 1.82) is 0 Å². The van der Waals surface area contributed by atoms with Crippen LogP contribution in [-0.4, -0.2) is 62.7 Å². The number of rotatable bonds is 6. The number of nitrogens with zero attached hydrogens (tertiary/aromatic N) is 3. The van der Waals surface area contributed by atoms with Crippen molar-refractivity contribution >= 4 is 29.2 Å². The van der Waals surface area contributed by atoms with Crippen molar-refractivity contribution in [2.75, 3.05) is 51.3 Å². The molecule has 0 unspecified atom stereocenters. The van der Waals surface area contributed by atoms with E-state index in [-0.39, 0.29) is 16.4 Å². The quantitative estimate of drug-likeness (QED) is 0.448. The summed E-state index contributed by atoms with van der Waals surface area (Å²) in [6.45, 7) is 4.08. The fourth-order valence-corrected chi connectivity index (χ4v) is 2.60. The molecule has 0 saturated carbocycles. The Kier molecular flexibility index (Phi) is 6.83. The van der Waals surface area contributed by atoms with Gasteiger partial charge < -0.3 is 15.4 Å². The van der Waals surface area contributed by atoms with Crippen molar-refractivity contribution < 1.29 is 13.5 Å². The van der Waals surface area contributed by atoms with Crippen LogP contribution in [0.25, 0.3) is 0 Å². The van der Waals surface area contributed by atoms with Gasteiger partial charge in [-0.3, -0.25) is 10.3 Å². The molecule has 0 amide bonds. The number of methoxy groups -OCH3 is 1. The minimum absolute atomic E-state index is 0.000784. The van der Waals surface area contributed by atoms with Crippen LogP contribution < -0.4 is 16.1 Å². The van der Waals surface area contributed by atoms with E-state index in [1.807, 2.05) is 0 Å². The van der Waals surface area contributed by atoms with E-state index in [0.717, 1.165) is 19.6 Å². The lowest BCUT2D eigenvalue weighted by molar-refractivity contribution is 0.143. The van der Waals surface area contributed by atoms with Gasteiger partial charge in [0.2, 0.25) is 0 Å². The third-order valence-corrected chi connectivity index (χ3v) is 3.82. The van der Waals surface area contributed by atoms with Gasteiger partial charge >= 0.3 is 0 Å². The van der Waals surface area contributed by atoms with Crippen LogP contribution >= 0.6 is 12.2 Å². The van der Waals surface area contributed by atoms with Gasteiger partial charge in [-0.2, -0.15) is 5.10 Å². The first-order chi connectivity index (χ1) is 11.5. The minimum atomic E-state index is -0.614. The normalized spacial score (nSPS) is 15.9. The highest BCUT2D eigenvalue weighted by Crippen LogP contribution is 2.25. The zero-order valence-electron chi connectivity index (χ0n) is 13.5. The predicted molar refractivity (Wildman–Crippen MR) is 94.4 cm³/mol. The van der Waals surface area contributed by atoms with E-state index in [9.17, 15) is 8.78 Å². The van der Waals surface area contributed by atoms with Crippen LogP contribution in [0.4, 0.5) is 14.5 Å². The van der Waals surface area contributed by atoms with Crippen molar-refractivity contribution in [2.45, 2.75) is 0 Å². The second-order valence-corrected chi connectivity index (χ2v) is 5.83. The van der Waals surface area contributed by atoms with Crippen molar-refractivity contribution in [2.24, 2.45) is 10.8 Å². The highest BCUT2D eigenvalue weighted by atomic mass is 32.1. The smallest absolute Gasteiger partial charge is 0.184 e. The Morgan fingerprint density at radius 1 is 1.33 bits per heavy atom.